The van der Waals surface area contributed by atoms with Crippen LogP contribution in [0, 0.1) is 5.92 Å². The number of ether oxygens (including phenoxy) is 3. The van der Waals surface area contributed by atoms with Gasteiger partial charge in [-0.15, -0.1) is 0 Å². The largest absolute Gasteiger partial charge is 0.496 e. The second-order valence-corrected chi connectivity index (χ2v) is 17.0. The fourth-order valence-corrected chi connectivity index (χ4v) is 9.42. The van der Waals surface area contributed by atoms with E-state index in [4.69, 9.17) is 14.2 Å². The number of carbonyl (C=O) groups is 4. The van der Waals surface area contributed by atoms with E-state index in [-0.39, 0.29) is 25.5 Å². The van der Waals surface area contributed by atoms with Gasteiger partial charge in [0.1, 0.15) is 29.5 Å². The molecule has 4 fully saturated rings. The minimum atomic E-state index is -3.85. The molecule has 15 heteroatoms. The average Bonchev–Trinajstić information content (AvgIpc) is 4.04. The molecule has 1 aromatic heterocycles. The number of aryl methyl sites for hydroxylation is 1. The quantitative estimate of drug-likeness (QED) is 0.419. The van der Waals surface area contributed by atoms with Crippen molar-refractivity contribution in [3.63, 3.8) is 0 Å². The molecule has 2 saturated carbocycles. The van der Waals surface area contributed by atoms with Crippen LogP contribution in [0.5, 0.6) is 11.6 Å². The number of cyclic esters (lactones) is 1. The maximum absolute atomic E-state index is 14.4. The van der Waals surface area contributed by atoms with Gasteiger partial charge in [-0.1, -0.05) is 32.1 Å². The van der Waals surface area contributed by atoms with Crippen molar-refractivity contribution in [1.29, 1.82) is 0 Å². The lowest BCUT2D eigenvalue weighted by molar-refractivity contribution is -0.141. The summed E-state index contributed by atoms with van der Waals surface area (Å²) < 4.78 is 45.6. The Balaban J connectivity index is 1.22. The molecule has 14 nitrogen and oxygen atoms in total. The van der Waals surface area contributed by atoms with E-state index < -0.39 is 62.8 Å². The third kappa shape index (κ3) is 7.79. The molecule has 0 radical (unpaired) electrons. The number of carbonyl (C=O) groups excluding carboxylic acids is 4. The van der Waals surface area contributed by atoms with Crippen molar-refractivity contribution < 1.29 is 41.8 Å². The number of alkyl carbamates (subject to hydrolysis) is 1. The first kappa shape index (κ1) is 36.2. The lowest BCUT2D eigenvalue weighted by Gasteiger charge is -2.29. The molecule has 2 saturated heterocycles. The highest BCUT2D eigenvalue weighted by molar-refractivity contribution is 7.91. The van der Waals surface area contributed by atoms with Crippen LogP contribution in [0.4, 0.5) is 4.79 Å². The molecule has 7 rings (SSSR count). The molecule has 4 amide bonds. The zero-order valence-corrected chi connectivity index (χ0v) is 30.5. The van der Waals surface area contributed by atoms with Crippen LogP contribution in [-0.2, 0) is 35.6 Å². The Kier molecular flexibility index (Phi) is 10.5. The van der Waals surface area contributed by atoms with Gasteiger partial charge in [-0.25, -0.2) is 18.2 Å². The van der Waals surface area contributed by atoms with Gasteiger partial charge in [-0.05, 0) is 92.9 Å². The molecular formula is C37H49N5O9S. The number of hydrogen-bond donors (Lipinski definition) is 3. The minimum absolute atomic E-state index is 0.0317. The van der Waals surface area contributed by atoms with Crippen LogP contribution in [0.15, 0.2) is 24.4 Å². The summed E-state index contributed by atoms with van der Waals surface area (Å²) in [6.45, 7) is 0.228. The molecule has 5 atom stereocenters. The molecule has 5 bridgehead atoms. The van der Waals surface area contributed by atoms with E-state index in [9.17, 15) is 27.6 Å². The number of sulfonamides is 1. The van der Waals surface area contributed by atoms with Gasteiger partial charge in [-0.3, -0.25) is 19.1 Å². The molecule has 52 heavy (non-hydrogen) atoms. The Labute approximate surface area is 304 Å². The summed E-state index contributed by atoms with van der Waals surface area (Å²) in [5.41, 5.74) is -0.414. The number of aromatic nitrogens is 1. The maximum atomic E-state index is 14.4. The van der Waals surface area contributed by atoms with Crippen molar-refractivity contribution >= 4 is 44.6 Å². The number of fused-ring (bicyclic) bond motifs is 4. The Morgan fingerprint density at radius 3 is 2.58 bits per heavy atom. The third-order valence-corrected chi connectivity index (χ3v) is 13.1. The monoisotopic (exact) mass is 739 g/mol. The molecule has 0 unspecified atom stereocenters. The average molecular weight is 740 g/mol. The predicted octanol–water partition coefficient (Wildman–Crippen LogP) is 3.64. The number of nitrogens with one attached hydrogen (secondary N) is 3. The van der Waals surface area contributed by atoms with E-state index in [1.165, 1.54) is 4.90 Å². The van der Waals surface area contributed by atoms with E-state index in [0.717, 1.165) is 67.0 Å². The smallest absolute Gasteiger partial charge is 0.407 e. The van der Waals surface area contributed by atoms with E-state index in [1.54, 1.807) is 13.3 Å². The van der Waals surface area contributed by atoms with Crippen molar-refractivity contribution in [2.45, 2.75) is 125 Å². The van der Waals surface area contributed by atoms with Crippen LogP contribution >= 0.6 is 0 Å². The van der Waals surface area contributed by atoms with Crippen LogP contribution in [0.2, 0.25) is 0 Å². The lowest BCUT2D eigenvalue weighted by Crippen LogP contribution is -2.58. The molecule has 3 aliphatic heterocycles. The summed E-state index contributed by atoms with van der Waals surface area (Å²) in [4.78, 5) is 61.5. The van der Waals surface area contributed by atoms with Crippen LogP contribution in [-0.4, -0.2) is 91.4 Å². The van der Waals surface area contributed by atoms with Crippen LogP contribution in [0.1, 0.15) is 95.5 Å². The Bertz CT molecular complexity index is 1820. The summed E-state index contributed by atoms with van der Waals surface area (Å²) >= 11 is 0. The van der Waals surface area contributed by atoms with Gasteiger partial charge < -0.3 is 29.7 Å². The predicted molar refractivity (Wildman–Crippen MR) is 190 cm³/mol. The first-order chi connectivity index (χ1) is 25.1. The molecule has 2 aromatic rings. The summed E-state index contributed by atoms with van der Waals surface area (Å²) in [7, 11) is -2.22. The summed E-state index contributed by atoms with van der Waals surface area (Å²) in [5.74, 6) is -0.857. The van der Waals surface area contributed by atoms with Crippen molar-refractivity contribution in [3.05, 3.63) is 30.0 Å². The molecule has 0 spiro atoms. The number of nitrogens with zero attached hydrogens (tertiary/aromatic N) is 2. The van der Waals surface area contributed by atoms with Crippen LogP contribution in [0.3, 0.4) is 0 Å². The van der Waals surface area contributed by atoms with Crippen molar-refractivity contribution in [3.8, 4) is 11.6 Å². The fraction of sp³-hybridized carbons (Fsp3) is 0.649. The number of methoxy groups -OCH3 is 1. The van der Waals surface area contributed by atoms with E-state index in [0.29, 0.717) is 50.8 Å². The summed E-state index contributed by atoms with van der Waals surface area (Å²) in [5, 5.41) is 6.77. The van der Waals surface area contributed by atoms with Gasteiger partial charge in [0.15, 0.2) is 0 Å². The molecule has 282 valence electrons. The van der Waals surface area contributed by atoms with E-state index in [1.807, 2.05) is 18.2 Å². The number of benzene rings is 1. The number of amides is 4. The van der Waals surface area contributed by atoms with Gasteiger partial charge in [-0.2, -0.15) is 0 Å². The lowest BCUT2D eigenvalue weighted by atomic mass is 10.0. The van der Waals surface area contributed by atoms with Gasteiger partial charge in [0, 0.05) is 18.0 Å². The zero-order chi connectivity index (χ0) is 36.5. The topological polar surface area (TPSA) is 182 Å². The molecular weight excluding hydrogens is 690 g/mol. The number of pyridine rings is 1. The van der Waals surface area contributed by atoms with Gasteiger partial charge in [0.05, 0.1) is 25.5 Å². The van der Waals surface area contributed by atoms with E-state index >= 15 is 0 Å². The second-order valence-electron chi connectivity index (χ2n) is 15.0. The molecule has 3 N–H and O–H groups in total. The SMILES string of the molecule is COc1cc2ccnc3c2cc1CCCCCOC(=O)N[C@H]1CCCCCCC[C@H]2C[C@@]2(C(=O)NS(=O)(=O)C2CC2)NC(=O)[C@@H]2C[C@H](CN2C1=O)O3. The Morgan fingerprint density at radius 1 is 1.02 bits per heavy atom. The molecule has 4 heterocycles. The van der Waals surface area contributed by atoms with Crippen molar-refractivity contribution in [1.82, 2.24) is 25.2 Å². The molecule has 2 aliphatic carbocycles. The first-order valence-corrected chi connectivity index (χ1v) is 20.4. The standard InChI is InChI=1S/C37H49N5O9S/c1-49-31-19-23-15-16-38-33-28(23)18-24(31)10-6-5-9-17-50-36(46)39-29-12-8-4-2-3-7-11-25-21-37(25,35(45)41-52(47,48)27-13-14-27)40-32(43)30-20-26(51-33)22-42(30)34(29)44/h15-16,18-19,25-27,29-30H,2-14,17,20-22H2,1H3,(H,39,46)(H,40,43)(H,41,45)/t25-,26+,29-,30-,37+/m0/s1. The van der Waals surface area contributed by atoms with Crippen molar-refractivity contribution in [2.24, 2.45) is 5.92 Å². The normalized spacial score (nSPS) is 29.2. The van der Waals surface area contributed by atoms with Crippen molar-refractivity contribution in [2.75, 3.05) is 20.3 Å². The Hall–Kier alpha value is -4.14. The zero-order valence-electron chi connectivity index (χ0n) is 29.7. The van der Waals surface area contributed by atoms with Gasteiger partial charge in [0.2, 0.25) is 27.7 Å². The number of hydrogen-bond acceptors (Lipinski definition) is 10. The summed E-state index contributed by atoms with van der Waals surface area (Å²) in [6.07, 6.45) is 9.88. The van der Waals surface area contributed by atoms with Crippen LogP contribution < -0.4 is 24.8 Å². The van der Waals surface area contributed by atoms with Gasteiger partial charge >= 0.3 is 6.09 Å². The first-order valence-electron chi connectivity index (χ1n) is 18.8. The summed E-state index contributed by atoms with van der Waals surface area (Å²) in [6, 6.07) is 3.84. The maximum Gasteiger partial charge on any atom is 0.407 e. The third-order valence-electron chi connectivity index (χ3n) is 11.3. The van der Waals surface area contributed by atoms with E-state index in [2.05, 4.69) is 20.3 Å². The highest BCUT2D eigenvalue weighted by atomic mass is 32.2. The number of rotatable bonds is 4. The molecule has 5 aliphatic rings. The highest BCUT2D eigenvalue weighted by Crippen LogP contribution is 2.48. The second kappa shape index (κ2) is 15.1. The highest BCUT2D eigenvalue weighted by Gasteiger charge is 2.62. The van der Waals surface area contributed by atoms with Gasteiger partial charge in [0.25, 0.3) is 5.91 Å². The minimum Gasteiger partial charge on any atom is -0.496 e. The van der Waals surface area contributed by atoms with Crippen LogP contribution in [0.25, 0.3) is 10.8 Å². The molecule has 1 aromatic carbocycles. The Morgan fingerprint density at radius 2 is 1.79 bits per heavy atom. The fourth-order valence-electron chi connectivity index (χ4n) is 8.05.